The minimum atomic E-state index is -0.327. The van der Waals surface area contributed by atoms with Gasteiger partial charge in [0, 0.05) is 32.0 Å². The molecule has 1 aromatic carbocycles. The van der Waals surface area contributed by atoms with E-state index in [0.717, 1.165) is 0 Å². The predicted molar refractivity (Wildman–Crippen MR) is 80.8 cm³/mol. The van der Waals surface area contributed by atoms with Crippen LogP contribution >= 0.6 is 11.3 Å². The van der Waals surface area contributed by atoms with Crippen molar-refractivity contribution in [2.75, 3.05) is 7.05 Å². The number of rotatable bonds is 6. The second-order valence-corrected chi connectivity index (χ2v) is 5.69. The summed E-state index contributed by atoms with van der Waals surface area (Å²) in [6.45, 7) is 0.207. The van der Waals surface area contributed by atoms with Crippen LogP contribution in [-0.2, 0) is 11.3 Å². The van der Waals surface area contributed by atoms with Gasteiger partial charge in [-0.2, -0.15) is 0 Å². The van der Waals surface area contributed by atoms with Gasteiger partial charge in [-0.05, 0) is 17.5 Å². The Bertz CT molecular complexity index is 625. The molecule has 0 aliphatic rings. The van der Waals surface area contributed by atoms with Crippen LogP contribution in [0, 0.1) is 5.82 Å². The van der Waals surface area contributed by atoms with Crippen molar-refractivity contribution in [3.05, 3.63) is 58.0 Å². The van der Waals surface area contributed by atoms with Gasteiger partial charge in [-0.15, -0.1) is 11.3 Å². The first kappa shape index (κ1) is 15.4. The number of carbonyl (C=O) groups excluding carboxylic acids is 2. The molecule has 1 heterocycles. The maximum atomic E-state index is 13.5. The fourth-order valence-corrected chi connectivity index (χ4v) is 2.64. The van der Waals surface area contributed by atoms with Gasteiger partial charge in [0.2, 0.25) is 5.91 Å². The standard InChI is InChI=1S/C16H16FNO2S/c1-18(11-12-5-2-3-6-13(12)17)16(20)9-8-14(19)15-7-4-10-21-15/h2-7,10H,8-9,11H2,1H3. The van der Waals surface area contributed by atoms with Gasteiger partial charge in [0.15, 0.2) is 5.78 Å². The Hall–Kier alpha value is -2.01. The molecule has 0 radical (unpaired) electrons. The second-order valence-electron chi connectivity index (χ2n) is 4.74. The first-order valence-electron chi connectivity index (χ1n) is 6.62. The number of halogens is 1. The largest absolute Gasteiger partial charge is 0.341 e. The monoisotopic (exact) mass is 305 g/mol. The summed E-state index contributed by atoms with van der Waals surface area (Å²) in [6.07, 6.45) is 0.322. The highest BCUT2D eigenvalue weighted by molar-refractivity contribution is 7.12. The van der Waals surface area contributed by atoms with E-state index in [1.165, 1.54) is 22.3 Å². The number of ketones is 1. The quantitative estimate of drug-likeness (QED) is 0.766. The molecule has 2 aromatic rings. The van der Waals surface area contributed by atoms with Crippen molar-refractivity contribution in [3.8, 4) is 0 Å². The summed E-state index contributed by atoms with van der Waals surface area (Å²) in [5.74, 6) is -0.521. The van der Waals surface area contributed by atoms with E-state index >= 15 is 0 Å². The average Bonchev–Trinajstić information content (AvgIpc) is 3.01. The zero-order valence-corrected chi connectivity index (χ0v) is 12.5. The van der Waals surface area contributed by atoms with Crippen LogP contribution in [0.3, 0.4) is 0 Å². The third-order valence-corrected chi connectivity index (χ3v) is 4.06. The summed E-state index contributed by atoms with van der Waals surface area (Å²) in [5.41, 5.74) is 0.470. The van der Waals surface area contributed by atoms with Gasteiger partial charge in [0.05, 0.1) is 4.88 Å². The van der Waals surface area contributed by atoms with E-state index in [-0.39, 0.29) is 36.9 Å². The predicted octanol–water partition coefficient (Wildman–Crippen LogP) is 3.51. The summed E-state index contributed by atoms with van der Waals surface area (Å²) >= 11 is 1.37. The van der Waals surface area contributed by atoms with Crippen LogP contribution in [0.4, 0.5) is 4.39 Å². The molecule has 2 rings (SSSR count). The molecule has 0 saturated heterocycles. The molecule has 0 aliphatic heterocycles. The van der Waals surface area contributed by atoms with Gasteiger partial charge in [0.25, 0.3) is 0 Å². The van der Waals surface area contributed by atoms with Gasteiger partial charge >= 0.3 is 0 Å². The molecule has 5 heteroatoms. The minimum Gasteiger partial charge on any atom is -0.341 e. The molecular formula is C16H16FNO2S. The molecule has 3 nitrogen and oxygen atoms in total. The molecule has 0 saturated carbocycles. The Balaban J connectivity index is 1.86. The van der Waals surface area contributed by atoms with Crippen molar-refractivity contribution in [1.82, 2.24) is 4.90 Å². The number of thiophene rings is 1. The minimum absolute atomic E-state index is 0.0300. The summed E-state index contributed by atoms with van der Waals surface area (Å²) in [6, 6.07) is 9.92. The van der Waals surface area contributed by atoms with Crippen molar-refractivity contribution in [2.45, 2.75) is 19.4 Å². The number of amides is 1. The van der Waals surface area contributed by atoms with Crippen LogP contribution in [0.25, 0.3) is 0 Å². The Morgan fingerprint density at radius 2 is 1.90 bits per heavy atom. The first-order valence-corrected chi connectivity index (χ1v) is 7.50. The molecule has 0 N–H and O–H groups in total. The molecule has 0 bridgehead atoms. The SMILES string of the molecule is CN(Cc1ccccc1F)C(=O)CCC(=O)c1cccs1. The molecule has 0 atom stereocenters. The molecule has 21 heavy (non-hydrogen) atoms. The van der Waals surface area contributed by atoms with E-state index < -0.39 is 0 Å². The molecule has 1 amide bonds. The Morgan fingerprint density at radius 3 is 2.57 bits per heavy atom. The number of Topliss-reactive ketones (excluding diaryl/α,β-unsaturated/α-hetero) is 1. The molecule has 0 aliphatic carbocycles. The third-order valence-electron chi connectivity index (χ3n) is 3.15. The van der Waals surface area contributed by atoms with Crippen molar-refractivity contribution in [2.24, 2.45) is 0 Å². The van der Waals surface area contributed by atoms with Gasteiger partial charge in [-0.1, -0.05) is 24.3 Å². The maximum absolute atomic E-state index is 13.5. The number of hydrogen-bond donors (Lipinski definition) is 0. The lowest BCUT2D eigenvalue weighted by Crippen LogP contribution is -2.26. The van der Waals surface area contributed by atoms with Gasteiger partial charge in [-0.25, -0.2) is 4.39 Å². The van der Waals surface area contributed by atoms with E-state index in [1.807, 2.05) is 11.4 Å². The van der Waals surface area contributed by atoms with Crippen LogP contribution in [0.2, 0.25) is 0 Å². The summed E-state index contributed by atoms with van der Waals surface area (Å²) < 4.78 is 13.5. The molecule has 0 fully saturated rings. The number of hydrogen-bond acceptors (Lipinski definition) is 3. The van der Waals surface area contributed by atoms with Crippen molar-refractivity contribution >= 4 is 23.0 Å². The smallest absolute Gasteiger partial charge is 0.223 e. The van der Waals surface area contributed by atoms with Gasteiger partial charge in [0.1, 0.15) is 5.82 Å². The Kier molecular flexibility index (Phi) is 5.22. The fraction of sp³-hybridized carbons (Fsp3) is 0.250. The van der Waals surface area contributed by atoms with Crippen molar-refractivity contribution in [1.29, 1.82) is 0 Å². The highest BCUT2D eigenvalue weighted by Crippen LogP contribution is 2.14. The van der Waals surface area contributed by atoms with E-state index in [1.54, 1.807) is 31.3 Å². The van der Waals surface area contributed by atoms with E-state index in [2.05, 4.69) is 0 Å². The lowest BCUT2D eigenvalue weighted by Gasteiger charge is -2.17. The molecule has 110 valence electrons. The number of benzene rings is 1. The van der Waals surface area contributed by atoms with Gasteiger partial charge in [-0.3, -0.25) is 9.59 Å². The summed E-state index contributed by atoms with van der Waals surface area (Å²) in [7, 11) is 1.62. The first-order chi connectivity index (χ1) is 10.1. The summed E-state index contributed by atoms with van der Waals surface area (Å²) in [4.78, 5) is 25.9. The van der Waals surface area contributed by atoms with Crippen molar-refractivity contribution < 1.29 is 14.0 Å². The fourth-order valence-electron chi connectivity index (χ4n) is 1.94. The molecule has 1 aromatic heterocycles. The Morgan fingerprint density at radius 1 is 1.14 bits per heavy atom. The molecular weight excluding hydrogens is 289 g/mol. The van der Waals surface area contributed by atoms with E-state index in [9.17, 15) is 14.0 Å². The van der Waals surface area contributed by atoms with Crippen LogP contribution in [-0.4, -0.2) is 23.6 Å². The molecule has 0 unspecified atom stereocenters. The highest BCUT2D eigenvalue weighted by Gasteiger charge is 2.14. The van der Waals surface area contributed by atoms with Crippen LogP contribution in [0.1, 0.15) is 28.1 Å². The van der Waals surface area contributed by atoms with Gasteiger partial charge < -0.3 is 4.90 Å². The zero-order valence-electron chi connectivity index (χ0n) is 11.7. The average molecular weight is 305 g/mol. The van der Waals surface area contributed by atoms with E-state index in [4.69, 9.17) is 0 Å². The zero-order chi connectivity index (χ0) is 15.2. The van der Waals surface area contributed by atoms with E-state index in [0.29, 0.717) is 10.4 Å². The number of nitrogens with zero attached hydrogens (tertiary/aromatic N) is 1. The highest BCUT2D eigenvalue weighted by atomic mass is 32.1. The summed E-state index contributed by atoms with van der Waals surface area (Å²) in [5, 5.41) is 1.83. The number of carbonyl (C=O) groups is 2. The topological polar surface area (TPSA) is 37.4 Å². The lowest BCUT2D eigenvalue weighted by molar-refractivity contribution is -0.130. The molecule has 0 spiro atoms. The third kappa shape index (κ3) is 4.23. The lowest BCUT2D eigenvalue weighted by atomic mass is 10.1. The van der Waals surface area contributed by atoms with Crippen LogP contribution in [0.15, 0.2) is 41.8 Å². The Labute approximate surface area is 127 Å². The van der Waals surface area contributed by atoms with Crippen molar-refractivity contribution in [3.63, 3.8) is 0 Å². The van der Waals surface area contributed by atoms with Crippen LogP contribution < -0.4 is 0 Å². The normalized spacial score (nSPS) is 10.4. The second kappa shape index (κ2) is 7.13. The maximum Gasteiger partial charge on any atom is 0.223 e. The van der Waals surface area contributed by atoms with Crippen LogP contribution in [0.5, 0.6) is 0 Å².